The molecule has 0 saturated carbocycles. The number of aliphatic hydroxyl groups is 1. The summed E-state index contributed by atoms with van der Waals surface area (Å²) in [6.07, 6.45) is -5.88. The molecule has 2 saturated heterocycles. The largest absolute Gasteiger partial charge is 0.506 e. The Morgan fingerprint density at radius 3 is 1.58 bits per heavy atom. The zero-order valence-corrected chi connectivity index (χ0v) is 27.3. The predicted octanol–water partition coefficient (Wildman–Crippen LogP) is 3.20. The first kappa shape index (κ1) is 36.0. The van der Waals surface area contributed by atoms with E-state index in [9.17, 15) is 54.9 Å². The fourth-order valence-corrected chi connectivity index (χ4v) is 7.62. The molecule has 0 aliphatic carbocycles. The van der Waals surface area contributed by atoms with E-state index in [-0.39, 0.29) is 41.2 Å². The fraction of sp³-hybridized carbons (Fsp3) is 0.188. The molecule has 2 fully saturated rings. The lowest BCUT2D eigenvalue weighted by Gasteiger charge is -2.31. The van der Waals surface area contributed by atoms with Gasteiger partial charge in [-0.15, -0.1) is 0 Å². The molecule has 1 atom stereocenters. The van der Waals surface area contributed by atoms with Gasteiger partial charge in [-0.1, -0.05) is 72.8 Å². The minimum absolute atomic E-state index is 0.0769. The number of phenols is 2. The van der Waals surface area contributed by atoms with Crippen molar-refractivity contribution in [3.63, 3.8) is 0 Å². The molecule has 2 heterocycles. The molecule has 0 radical (unpaired) electrons. The maximum absolute atomic E-state index is 13.6. The maximum Gasteiger partial charge on any atom is 0.421 e. The van der Waals surface area contributed by atoms with E-state index in [1.54, 1.807) is 10.8 Å². The SMILES string of the molecule is O=C1CN(c2ccc(-c3ccccc3)cc2O)S(=O)(=O)N1.O=C1CN(c2ccc(CCC(O)(c3ccccc3)C(F)(F)F)cc2O)S(=O)(=O)N1. The number of halogens is 3. The number of carbonyl (C=O) groups is 2. The molecule has 5 N–H and O–H groups in total. The number of nitrogens with zero attached hydrogens (tertiary/aromatic N) is 2. The summed E-state index contributed by atoms with van der Waals surface area (Å²) < 4.78 is 93.0. The standard InChI is InChI=1S/C18H17F3N2O5S.C14H12N2O4S/c19-18(20,21)17(26,13-4-2-1-3-5-13)9-8-12-6-7-14(15(24)10-12)23-11-16(25)22-29(23,27)28;17-13-8-11(10-4-2-1-3-5-10)6-7-12(13)16-9-14(18)15-21(16,19)20/h1-7,10,24,26H,8-9,11H2,(H,22,25);1-8,17H,9H2,(H,15,18). The average molecular weight is 735 g/mol. The van der Waals surface area contributed by atoms with Gasteiger partial charge in [-0.3, -0.25) is 9.59 Å². The highest BCUT2D eigenvalue weighted by molar-refractivity contribution is 7.92. The predicted molar refractivity (Wildman–Crippen MR) is 175 cm³/mol. The van der Waals surface area contributed by atoms with Gasteiger partial charge in [0.2, 0.25) is 0 Å². The van der Waals surface area contributed by atoms with Gasteiger partial charge in [0.05, 0.1) is 11.4 Å². The molecule has 0 aromatic heterocycles. The summed E-state index contributed by atoms with van der Waals surface area (Å²) in [6, 6.07) is 24.3. The molecule has 1 unspecified atom stereocenters. The Labute approximate surface area is 284 Å². The lowest BCUT2D eigenvalue weighted by atomic mass is 9.87. The minimum Gasteiger partial charge on any atom is -0.506 e. The molecular formula is C32H29F3N4O9S2. The molecule has 13 nitrogen and oxygen atoms in total. The topological polar surface area (TPSA) is 194 Å². The van der Waals surface area contributed by atoms with Crippen LogP contribution in [0.15, 0.2) is 97.1 Å². The van der Waals surface area contributed by atoms with Crippen molar-refractivity contribution >= 4 is 43.6 Å². The number of amides is 2. The fourth-order valence-electron chi connectivity index (χ4n) is 5.29. The van der Waals surface area contributed by atoms with Crippen molar-refractivity contribution in [1.82, 2.24) is 9.44 Å². The van der Waals surface area contributed by atoms with Gasteiger partial charge in [0, 0.05) is 0 Å². The monoisotopic (exact) mass is 734 g/mol. The first-order valence-corrected chi connectivity index (χ1v) is 17.5. The van der Waals surface area contributed by atoms with Crippen LogP contribution in [-0.4, -0.2) is 63.2 Å². The van der Waals surface area contributed by atoms with E-state index in [1.807, 2.05) is 35.1 Å². The normalized spacial score (nSPS) is 17.7. The summed E-state index contributed by atoms with van der Waals surface area (Å²) in [5.41, 5.74) is -1.58. The number of rotatable bonds is 7. The van der Waals surface area contributed by atoms with Crippen LogP contribution in [0.25, 0.3) is 11.1 Å². The van der Waals surface area contributed by atoms with Gasteiger partial charge in [-0.05, 0) is 59.4 Å². The molecule has 4 aromatic rings. The van der Waals surface area contributed by atoms with Crippen LogP contribution in [0, 0.1) is 0 Å². The third-order valence-corrected chi connectivity index (χ3v) is 10.6. The highest BCUT2D eigenvalue weighted by atomic mass is 32.2. The summed E-state index contributed by atoms with van der Waals surface area (Å²) in [4.78, 5) is 22.5. The number of anilines is 2. The van der Waals surface area contributed by atoms with Crippen molar-refractivity contribution < 1.29 is 54.9 Å². The molecule has 50 heavy (non-hydrogen) atoms. The third kappa shape index (κ3) is 7.46. The molecule has 6 rings (SSSR count). The van der Waals surface area contributed by atoms with E-state index in [0.717, 1.165) is 21.5 Å². The van der Waals surface area contributed by atoms with E-state index >= 15 is 0 Å². The number of nitrogens with one attached hydrogen (secondary N) is 2. The van der Waals surface area contributed by atoms with Gasteiger partial charge in [0.15, 0.2) is 5.60 Å². The Morgan fingerprint density at radius 1 is 0.660 bits per heavy atom. The Bertz CT molecular complexity index is 2140. The second-order valence-electron chi connectivity index (χ2n) is 11.2. The Kier molecular flexibility index (Phi) is 9.73. The molecule has 2 aliphatic rings. The second kappa shape index (κ2) is 13.5. The van der Waals surface area contributed by atoms with Crippen molar-refractivity contribution in [3.05, 3.63) is 108 Å². The third-order valence-electron chi connectivity index (χ3n) is 7.80. The lowest BCUT2D eigenvalue weighted by Crippen LogP contribution is -2.42. The van der Waals surface area contributed by atoms with Gasteiger partial charge in [-0.2, -0.15) is 30.0 Å². The summed E-state index contributed by atoms with van der Waals surface area (Å²) >= 11 is 0. The molecule has 4 aromatic carbocycles. The number of aryl methyl sites for hydroxylation is 1. The van der Waals surface area contributed by atoms with Crippen molar-refractivity contribution in [3.8, 4) is 22.6 Å². The van der Waals surface area contributed by atoms with E-state index < -0.39 is 62.7 Å². The van der Waals surface area contributed by atoms with Crippen LogP contribution < -0.4 is 18.1 Å². The van der Waals surface area contributed by atoms with E-state index in [2.05, 4.69) is 0 Å². The van der Waals surface area contributed by atoms with Crippen LogP contribution in [0.5, 0.6) is 11.5 Å². The number of alkyl halides is 3. The summed E-state index contributed by atoms with van der Waals surface area (Å²) in [5, 5.41) is 30.6. The molecule has 0 bridgehead atoms. The molecule has 264 valence electrons. The quantitative estimate of drug-likeness (QED) is 0.190. The molecule has 2 aliphatic heterocycles. The van der Waals surface area contributed by atoms with Crippen LogP contribution in [0.1, 0.15) is 17.5 Å². The Balaban J connectivity index is 0.000000204. The first-order valence-electron chi connectivity index (χ1n) is 14.6. The minimum atomic E-state index is -4.92. The average Bonchev–Trinajstić information content (AvgIpc) is 3.50. The number of hydrogen-bond acceptors (Lipinski definition) is 9. The van der Waals surface area contributed by atoms with Gasteiger partial charge in [0.1, 0.15) is 24.6 Å². The number of benzene rings is 4. The summed E-state index contributed by atoms with van der Waals surface area (Å²) in [7, 11) is -8.05. The summed E-state index contributed by atoms with van der Waals surface area (Å²) in [5.74, 6) is -2.11. The van der Waals surface area contributed by atoms with Gasteiger partial charge >= 0.3 is 26.6 Å². The van der Waals surface area contributed by atoms with Crippen molar-refractivity contribution in [2.45, 2.75) is 24.6 Å². The van der Waals surface area contributed by atoms with Crippen molar-refractivity contribution in [2.24, 2.45) is 0 Å². The number of carbonyl (C=O) groups excluding carboxylic acids is 2. The van der Waals surface area contributed by atoms with Crippen LogP contribution >= 0.6 is 0 Å². The molecular weight excluding hydrogens is 705 g/mol. The summed E-state index contributed by atoms with van der Waals surface area (Å²) in [6.45, 7) is -0.850. The van der Waals surface area contributed by atoms with Crippen LogP contribution in [0.3, 0.4) is 0 Å². The Hall–Kier alpha value is -5.33. The van der Waals surface area contributed by atoms with Crippen molar-refractivity contribution in [1.29, 1.82) is 0 Å². The number of phenolic OH excluding ortho intramolecular Hbond substituents is 2. The number of hydrogen-bond donors (Lipinski definition) is 5. The molecule has 18 heteroatoms. The number of aromatic hydroxyl groups is 2. The van der Waals surface area contributed by atoms with E-state index in [4.69, 9.17) is 0 Å². The van der Waals surface area contributed by atoms with Crippen LogP contribution in [0.2, 0.25) is 0 Å². The molecule has 2 amide bonds. The maximum atomic E-state index is 13.6. The van der Waals surface area contributed by atoms with Crippen LogP contribution in [-0.2, 0) is 42.0 Å². The highest BCUT2D eigenvalue weighted by Crippen LogP contribution is 2.43. The van der Waals surface area contributed by atoms with Gasteiger partial charge in [-0.25, -0.2) is 18.1 Å². The first-order chi connectivity index (χ1) is 23.4. The van der Waals surface area contributed by atoms with Gasteiger partial charge in [0.25, 0.3) is 11.8 Å². The van der Waals surface area contributed by atoms with Crippen molar-refractivity contribution in [2.75, 3.05) is 21.7 Å². The second-order valence-corrected chi connectivity index (χ2v) is 14.4. The zero-order valence-electron chi connectivity index (χ0n) is 25.7. The zero-order chi connectivity index (χ0) is 36.5. The van der Waals surface area contributed by atoms with Crippen LogP contribution in [0.4, 0.5) is 24.5 Å². The molecule has 0 spiro atoms. The lowest BCUT2D eigenvalue weighted by molar-refractivity contribution is -0.269. The van der Waals surface area contributed by atoms with E-state index in [1.165, 1.54) is 54.6 Å². The van der Waals surface area contributed by atoms with E-state index in [0.29, 0.717) is 4.31 Å². The smallest absolute Gasteiger partial charge is 0.421 e. The highest BCUT2D eigenvalue weighted by Gasteiger charge is 2.54. The Morgan fingerprint density at radius 2 is 1.14 bits per heavy atom. The van der Waals surface area contributed by atoms with Gasteiger partial charge < -0.3 is 15.3 Å².